The van der Waals surface area contributed by atoms with E-state index < -0.39 is 15.6 Å². The van der Waals surface area contributed by atoms with Crippen molar-refractivity contribution in [3.8, 4) is 0 Å². The number of nitrogens with one attached hydrogen (secondary N) is 2. The zero-order valence-electron chi connectivity index (χ0n) is 6.67. The Labute approximate surface area is 83.4 Å². The average molecular weight is 267 g/mol. The van der Waals surface area contributed by atoms with Crippen molar-refractivity contribution in [2.75, 3.05) is 11.0 Å². The van der Waals surface area contributed by atoms with Crippen molar-refractivity contribution in [1.82, 2.24) is 4.98 Å². The van der Waals surface area contributed by atoms with Gasteiger partial charge in [0.15, 0.2) is 0 Å². The molecule has 1 aromatic heterocycles. The van der Waals surface area contributed by atoms with Gasteiger partial charge in [-0.05, 0) is 28.1 Å². The quantitative estimate of drug-likeness (QED) is 0.766. The molecule has 0 unspecified atom stereocenters. The van der Waals surface area contributed by atoms with Crippen molar-refractivity contribution in [3.63, 3.8) is 0 Å². The molecule has 7 heteroatoms. The zero-order chi connectivity index (χ0) is 10.1. The molecule has 0 amide bonds. The Morgan fingerprint density at radius 1 is 1.46 bits per heavy atom. The molecule has 0 saturated carbocycles. The molecule has 0 radical (unpaired) electrons. The molecule has 5 nitrogen and oxygen atoms in total. The number of pyridine rings is 1. The van der Waals surface area contributed by atoms with Gasteiger partial charge in [0.25, 0.3) is 5.56 Å². The van der Waals surface area contributed by atoms with Crippen molar-refractivity contribution in [2.24, 2.45) is 0 Å². The SMILES string of the molecule is CS(=O)(=O)Nc1ccc(Br)[nH]c1=O. The van der Waals surface area contributed by atoms with Crippen LogP contribution in [-0.2, 0) is 10.0 Å². The summed E-state index contributed by atoms with van der Waals surface area (Å²) in [6, 6.07) is 2.92. The molecule has 0 fully saturated rings. The summed E-state index contributed by atoms with van der Waals surface area (Å²) in [7, 11) is -3.40. The third kappa shape index (κ3) is 3.19. The summed E-state index contributed by atoms with van der Waals surface area (Å²) in [6.45, 7) is 0. The van der Waals surface area contributed by atoms with Crippen LogP contribution in [0.25, 0.3) is 0 Å². The Bertz CT molecular complexity index is 465. The lowest BCUT2D eigenvalue weighted by molar-refractivity contribution is 0.606. The predicted molar refractivity (Wildman–Crippen MR) is 53.2 cm³/mol. The first-order chi connectivity index (χ1) is 5.88. The highest BCUT2D eigenvalue weighted by atomic mass is 79.9. The molecule has 0 aliphatic carbocycles. The average Bonchev–Trinajstić information content (AvgIpc) is 1.93. The highest BCUT2D eigenvalue weighted by molar-refractivity contribution is 9.10. The van der Waals surface area contributed by atoms with Crippen LogP contribution >= 0.6 is 15.9 Å². The normalized spacial score (nSPS) is 11.2. The lowest BCUT2D eigenvalue weighted by atomic mass is 10.4. The molecule has 13 heavy (non-hydrogen) atoms. The van der Waals surface area contributed by atoms with Gasteiger partial charge in [0.1, 0.15) is 5.69 Å². The van der Waals surface area contributed by atoms with E-state index in [1.165, 1.54) is 12.1 Å². The first kappa shape index (κ1) is 10.3. The summed E-state index contributed by atoms with van der Waals surface area (Å²) in [5.74, 6) is 0. The number of hydrogen-bond donors (Lipinski definition) is 2. The summed E-state index contributed by atoms with van der Waals surface area (Å²) in [6.07, 6.45) is 0.981. The summed E-state index contributed by atoms with van der Waals surface area (Å²) >= 11 is 3.04. The summed E-state index contributed by atoms with van der Waals surface area (Å²) in [4.78, 5) is 13.5. The Balaban J connectivity index is 3.12. The number of sulfonamides is 1. The molecule has 0 atom stereocenters. The van der Waals surface area contributed by atoms with E-state index in [0.717, 1.165) is 6.26 Å². The Hall–Kier alpha value is -0.820. The molecule has 1 heterocycles. The third-order valence-corrected chi connectivity index (χ3v) is 2.22. The zero-order valence-corrected chi connectivity index (χ0v) is 9.07. The maximum absolute atomic E-state index is 11.1. The number of anilines is 1. The molecule has 1 aromatic rings. The molecule has 0 aromatic carbocycles. The fraction of sp³-hybridized carbons (Fsp3) is 0.167. The monoisotopic (exact) mass is 266 g/mol. The highest BCUT2D eigenvalue weighted by Gasteiger charge is 2.05. The minimum atomic E-state index is -3.40. The molecule has 2 N–H and O–H groups in total. The Morgan fingerprint density at radius 2 is 2.08 bits per heavy atom. The summed E-state index contributed by atoms with van der Waals surface area (Å²) in [5.41, 5.74) is -0.481. The van der Waals surface area contributed by atoms with Crippen molar-refractivity contribution in [2.45, 2.75) is 0 Å². The minimum Gasteiger partial charge on any atom is -0.315 e. The molecule has 0 aliphatic heterocycles. The van der Waals surface area contributed by atoms with E-state index in [2.05, 4.69) is 25.6 Å². The molecule has 0 aliphatic rings. The van der Waals surface area contributed by atoms with Gasteiger partial charge in [-0.25, -0.2) is 8.42 Å². The van der Waals surface area contributed by atoms with E-state index >= 15 is 0 Å². The van der Waals surface area contributed by atoms with Crippen LogP contribution in [0.15, 0.2) is 21.5 Å². The second kappa shape index (κ2) is 3.51. The van der Waals surface area contributed by atoms with Gasteiger partial charge in [-0.15, -0.1) is 0 Å². The molecule has 1 rings (SSSR count). The van der Waals surface area contributed by atoms with Crippen LogP contribution in [0, 0.1) is 0 Å². The summed E-state index contributed by atoms with van der Waals surface area (Å²) in [5, 5.41) is 0. The first-order valence-corrected chi connectivity index (χ1v) is 5.93. The first-order valence-electron chi connectivity index (χ1n) is 3.25. The van der Waals surface area contributed by atoms with E-state index in [1.54, 1.807) is 0 Å². The Morgan fingerprint density at radius 3 is 2.54 bits per heavy atom. The van der Waals surface area contributed by atoms with E-state index in [9.17, 15) is 13.2 Å². The van der Waals surface area contributed by atoms with Crippen molar-refractivity contribution < 1.29 is 8.42 Å². The molecule has 72 valence electrons. The third-order valence-electron chi connectivity index (χ3n) is 1.17. The van der Waals surface area contributed by atoms with Gasteiger partial charge in [0.05, 0.1) is 10.9 Å². The fourth-order valence-corrected chi connectivity index (χ4v) is 1.60. The lowest BCUT2D eigenvalue weighted by Crippen LogP contribution is -2.18. The fourth-order valence-electron chi connectivity index (χ4n) is 0.730. The maximum atomic E-state index is 11.1. The van der Waals surface area contributed by atoms with Gasteiger partial charge >= 0.3 is 0 Å². The predicted octanol–water partition coefficient (Wildman–Crippen LogP) is 0.509. The largest absolute Gasteiger partial charge is 0.315 e. The van der Waals surface area contributed by atoms with Crippen LogP contribution in [0.3, 0.4) is 0 Å². The van der Waals surface area contributed by atoms with Crippen LogP contribution in [0.2, 0.25) is 0 Å². The minimum absolute atomic E-state index is 0.00528. The molecular formula is C6H7BrN2O3S. The molecule has 0 spiro atoms. The number of aromatic nitrogens is 1. The molecule has 0 bridgehead atoms. The van der Waals surface area contributed by atoms with Gasteiger partial charge in [-0.2, -0.15) is 0 Å². The van der Waals surface area contributed by atoms with Gasteiger partial charge in [-0.1, -0.05) is 0 Å². The topological polar surface area (TPSA) is 79.0 Å². The van der Waals surface area contributed by atoms with E-state index in [-0.39, 0.29) is 5.69 Å². The number of H-pyrrole nitrogens is 1. The smallest absolute Gasteiger partial charge is 0.273 e. The van der Waals surface area contributed by atoms with Gasteiger partial charge in [0, 0.05) is 0 Å². The van der Waals surface area contributed by atoms with Gasteiger partial charge < -0.3 is 4.98 Å². The summed E-state index contributed by atoms with van der Waals surface area (Å²) < 4.78 is 24.1. The molecule has 0 saturated heterocycles. The van der Waals surface area contributed by atoms with Crippen LogP contribution in [0.4, 0.5) is 5.69 Å². The highest BCUT2D eigenvalue weighted by Crippen LogP contribution is 2.06. The maximum Gasteiger partial charge on any atom is 0.273 e. The second-order valence-electron chi connectivity index (χ2n) is 2.42. The number of aromatic amines is 1. The number of halogens is 1. The van der Waals surface area contributed by atoms with Gasteiger partial charge in [-0.3, -0.25) is 9.52 Å². The van der Waals surface area contributed by atoms with E-state index in [4.69, 9.17) is 0 Å². The number of hydrogen-bond acceptors (Lipinski definition) is 3. The Kier molecular flexibility index (Phi) is 2.77. The van der Waals surface area contributed by atoms with E-state index in [1.807, 2.05) is 0 Å². The molecular weight excluding hydrogens is 260 g/mol. The van der Waals surface area contributed by atoms with Gasteiger partial charge in [0.2, 0.25) is 10.0 Å². The second-order valence-corrected chi connectivity index (χ2v) is 5.03. The van der Waals surface area contributed by atoms with Crippen molar-refractivity contribution in [1.29, 1.82) is 0 Å². The van der Waals surface area contributed by atoms with Crippen LogP contribution < -0.4 is 10.3 Å². The lowest BCUT2D eigenvalue weighted by Gasteiger charge is -2.01. The van der Waals surface area contributed by atoms with Crippen molar-refractivity contribution >= 4 is 31.6 Å². The van der Waals surface area contributed by atoms with Crippen LogP contribution in [-0.4, -0.2) is 19.7 Å². The number of rotatable bonds is 2. The standard InChI is InChI=1S/C6H7BrN2O3S/c1-13(11,12)9-4-2-3-5(7)8-6(4)10/h2-3,9H,1H3,(H,8,10). The van der Waals surface area contributed by atoms with E-state index in [0.29, 0.717) is 4.60 Å². The van der Waals surface area contributed by atoms with Crippen molar-refractivity contribution in [3.05, 3.63) is 27.1 Å². The van der Waals surface area contributed by atoms with Crippen LogP contribution in [0.5, 0.6) is 0 Å². The van der Waals surface area contributed by atoms with Crippen LogP contribution in [0.1, 0.15) is 0 Å².